The van der Waals surface area contributed by atoms with Crippen molar-refractivity contribution in [2.75, 3.05) is 13.2 Å². The lowest BCUT2D eigenvalue weighted by Gasteiger charge is -2.15. The van der Waals surface area contributed by atoms with Gasteiger partial charge < -0.3 is 19.7 Å². The second kappa shape index (κ2) is 34.9. The number of hydrogen-bond acceptors (Lipinski definition) is 6. The van der Waals surface area contributed by atoms with Crippen LogP contribution in [0.4, 0.5) is 0 Å². The van der Waals surface area contributed by atoms with Gasteiger partial charge in [0.25, 0.3) is 0 Å². The first-order valence-corrected chi connectivity index (χ1v) is 18.8. The van der Waals surface area contributed by atoms with Crippen molar-refractivity contribution in [3.63, 3.8) is 0 Å². The van der Waals surface area contributed by atoms with Crippen molar-refractivity contribution in [3.8, 4) is 0 Å². The molecule has 0 aliphatic heterocycles. The monoisotopic (exact) mass is 659 g/mol. The number of hydrogen-bond donors (Lipinski definition) is 2. The van der Waals surface area contributed by atoms with E-state index >= 15 is 0 Å². The summed E-state index contributed by atoms with van der Waals surface area (Å²) in [6.07, 6.45) is 40.3. The molecule has 0 rings (SSSR count). The van der Waals surface area contributed by atoms with Gasteiger partial charge in [-0.3, -0.25) is 9.59 Å². The van der Waals surface area contributed by atoms with Crippen molar-refractivity contribution in [1.82, 2.24) is 0 Å². The molecule has 2 atom stereocenters. The lowest BCUT2D eigenvalue weighted by Crippen LogP contribution is -2.28. The molecule has 270 valence electrons. The number of carbonyl (C=O) groups is 2. The molecule has 47 heavy (non-hydrogen) atoms. The van der Waals surface area contributed by atoms with Crippen LogP contribution < -0.4 is 0 Å². The Morgan fingerprint density at radius 3 is 1.87 bits per heavy atom. The Morgan fingerprint density at radius 1 is 0.660 bits per heavy atom. The molecule has 0 aliphatic carbocycles. The molecule has 0 fully saturated rings. The molecule has 0 radical (unpaired) electrons. The Kier molecular flexibility index (Phi) is 33.1. The number of rotatable bonds is 32. The van der Waals surface area contributed by atoms with Crippen molar-refractivity contribution in [2.24, 2.45) is 5.92 Å². The van der Waals surface area contributed by atoms with Crippen molar-refractivity contribution in [2.45, 2.75) is 168 Å². The Bertz CT molecular complexity index is 869. The smallest absolute Gasteiger partial charge is 0.306 e. The van der Waals surface area contributed by atoms with E-state index in [1.54, 1.807) is 6.08 Å². The molecule has 1 unspecified atom stereocenters. The van der Waals surface area contributed by atoms with Crippen molar-refractivity contribution in [3.05, 3.63) is 60.8 Å². The van der Waals surface area contributed by atoms with Crippen LogP contribution in [0.3, 0.4) is 0 Å². The largest absolute Gasteiger partial charge is 0.462 e. The zero-order chi connectivity index (χ0) is 34.6. The summed E-state index contributed by atoms with van der Waals surface area (Å²) in [6.45, 7) is 6.23. The maximum Gasteiger partial charge on any atom is 0.306 e. The number of unbranched alkanes of at least 4 members (excludes halogenated alkanes) is 12. The average molecular weight is 659 g/mol. The molecule has 0 bridgehead atoms. The number of allylic oxidation sites excluding steroid dienone is 8. The SMILES string of the molecule is CC/C=C\C/C=C\CC(O)/C=C/C=C\C/C=C\CCCC(=O)O[C@@H](CO)COC(=O)CCCCCCCCCCCCCCC(C)C. The highest BCUT2D eigenvalue weighted by Crippen LogP contribution is 2.14. The first kappa shape index (κ1) is 44.6. The third-order valence-electron chi connectivity index (χ3n) is 7.83. The third-order valence-corrected chi connectivity index (χ3v) is 7.83. The van der Waals surface area contributed by atoms with Crippen molar-refractivity contribution >= 4 is 11.9 Å². The van der Waals surface area contributed by atoms with Crippen LogP contribution in [0.15, 0.2) is 60.8 Å². The minimum atomic E-state index is -0.822. The first-order valence-electron chi connectivity index (χ1n) is 18.8. The standard InChI is InChI=1S/C41H70O6/c1-4-5-6-7-21-26-31-38(43)32-27-22-17-14-15-19-24-29-34-41(45)47-39(35-42)36-46-40(44)33-28-23-18-13-11-9-8-10-12-16-20-25-30-37(2)3/h5-6,15,17,19,21-22,26-27,32,37-39,42-43H,4,7-14,16,18,20,23-25,28-31,33-36H2,1-3H3/b6-5-,19-15-,22-17-,26-21-,32-27+/t38?,39-/m0/s1. The van der Waals surface area contributed by atoms with E-state index in [1.807, 2.05) is 36.5 Å². The molecule has 6 heteroatoms. The van der Waals surface area contributed by atoms with Crippen LogP contribution in [0.25, 0.3) is 0 Å². The first-order chi connectivity index (χ1) is 22.9. The number of esters is 2. The second-order valence-corrected chi connectivity index (χ2v) is 13.0. The number of aliphatic hydroxyl groups is 2. The van der Waals surface area contributed by atoms with Gasteiger partial charge in [-0.1, -0.05) is 159 Å². The van der Waals surface area contributed by atoms with Gasteiger partial charge in [-0.2, -0.15) is 0 Å². The number of carbonyl (C=O) groups excluding carboxylic acids is 2. The van der Waals surface area contributed by atoms with Crippen molar-refractivity contribution < 1.29 is 29.3 Å². The predicted molar refractivity (Wildman–Crippen MR) is 197 cm³/mol. The summed E-state index contributed by atoms with van der Waals surface area (Å²) in [4.78, 5) is 24.2. The molecule has 6 nitrogen and oxygen atoms in total. The summed E-state index contributed by atoms with van der Waals surface area (Å²) in [5.41, 5.74) is 0. The van der Waals surface area contributed by atoms with Crippen LogP contribution in [0.5, 0.6) is 0 Å². The normalized spacial score (nSPS) is 13.7. The Morgan fingerprint density at radius 2 is 1.23 bits per heavy atom. The van der Waals surface area contributed by atoms with Gasteiger partial charge in [0.1, 0.15) is 6.61 Å². The molecular weight excluding hydrogens is 588 g/mol. The Labute approximate surface area is 288 Å². The van der Waals surface area contributed by atoms with Crippen LogP contribution in [0.1, 0.15) is 156 Å². The molecule has 0 saturated carbocycles. The summed E-state index contributed by atoms with van der Waals surface area (Å²) in [5, 5.41) is 19.5. The van der Waals surface area contributed by atoms with E-state index in [4.69, 9.17) is 9.47 Å². The molecule has 0 amide bonds. The van der Waals surface area contributed by atoms with Crippen LogP contribution in [0.2, 0.25) is 0 Å². The molecule has 2 N–H and O–H groups in total. The lowest BCUT2D eigenvalue weighted by molar-refractivity contribution is -0.161. The van der Waals surface area contributed by atoms with E-state index in [0.717, 1.165) is 50.9 Å². The van der Waals surface area contributed by atoms with E-state index in [9.17, 15) is 19.8 Å². The third kappa shape index (κ3) is 34.7. The fourth-order valence-corrected chi connectivity index (χ4v) is 4.97. The highest BCUT2D eigenvalue weighted by atomic mass is 16.6. The van der Waals surface area contributed by atoms with Gasteiger partial charge >= 0.3 is 11.9 Å². The van der Waals surface area contributed by atoms with Gasteiger partial charge in [-0.05, 0) is 50.9 Å². The summed E-state index contributed by atoms with van der Waals surface area (Å²) >= 11 is 0. The lowest BCUT2D eigenvalue weighted by atomic mass is 10.0. The average Bonchev–Trinajstić information content (AvgIpc) is 3.05. The van der Waals surface area contributed by atoms with E-state index in [0.29, 0.717) is 19.3 Å². The summed E-state index contributed by atoms with van der Waals surface area (Å²) in [6, 6.07) is 0. The van der Waals surface area contributed by atoms with Crippen molar-refractivity contribution in [1.29, 1.82) is 0 Å². The molecular formula is C41H70O6. The summed E-state index contributed by atoms with van der Waals surface area (Å²) in [7, 11) is 0. The van der Waals surface area contributed by atoms with Crippen LogP contribution in [0, 0.1) is 5.92 Å². The van der Waals surface area contributed by atoms with Gasteiger partial charge in [-0.15, -0.1) is 0 Å². The molecule has 0 aromatic carbocycles. The Balaban J connectivity index is 3.75. The van der Waals surface area contributed by atoms with Crippen LogP contribution in [-0.4, -0.2) is 47.6 Å². The second-order valence-electron chi connectivity index (χ2n) is 13.0. The molecule has 0 heterocycles. The topological polar surface area (TPSA) is 93.1 Å². The fourth-order valence-electron chi connectivity index (χ4n) is 4.97. The molecule has 0 aromatic heterocycles. The van der Waals surface area contributed by atoms with E-state index in [2.05, 4.69) is 39.0 Å². The van der Waals surface area contributed by atoms with Gasteiger partial charge in [0, 0.05) is 12.8 Å². The van der Waals surface area contributed by atoms with Gasteiger partial charge in [-0.25, -0.2) is 0 Å². The zero-order valence-corrected chi connectivity index (χ0v) is 30.3. The Hall–Kier alpha value is -2.44. The van der Waals surface area contributed by atoms with E-state index in [-0.39, 0.29) is 25.6 Å². The quantitative estimate of drug-likeness (QED) is 0.0323. The van der Waals surface area contributed by atoms with Crippen LogP contribution >= 0.6 is 0 Å². The molecule has 0 aromatic rings. The van der Waals surface area contributed by atoms with Gasteiger partial charge in [0.2, 0.25) is 0 Å². The predicted octanol–water partition coefficient (Wildman–Crippen LogP) is 10.4. The van der Waals surface area contributed by atoms with E-state index in [1.165, 1.54) is 64.2 Å². The highest BCUT2D eigenvalue weighted by Gasteiger charge is 2.16. The molecule has 0 aliphatic rings. The maximum atomic E-state index is 12.1. The van der Waals surface area contributed by atoms with E-state index < -0.39 is 18.2 Å². The fraction of sp³-hybridized carbons (Fsp3) is 0.707. The molecule has 0 saturated heterocycles. The van der Waals surface area contributed by atoms with Gasteiger partial charge in [0.05, 0.1) is 12.7 Å². The maximum absolute atomic E-state index is 12.1. The minimum Gasteiger partial charge on any atom is -0.462 e. The summed E-state index contributed by atoms with van der Waals surface area (Å²) < 4.78 is 10.5. The molecule has 0 spiro atoms. The van der Waals surface area contributed by atoms with Gasteiger partial charge in [0.15, 0.2) is 6.10 Å². The number of ether oxygens (including phenoxy) is 2. The summed E-state index contributed by atoms with van der Waals surface area (Å²) in [5.74, 6) is 0.131. The number of aliphatic hydroxyl groups excluding tert-OH is 2. The highest BCUT2D eigenvalue weighted by molar-refractivity contribution is 5.70. The zero-order valence-electron chi connectivity index (χ0n) is 30.3. The minimum absolute atomic E-state index is 0.107. The van der Waals surface area contributed by atoms with Crippen LogP contribution in [-0.2, 0) is 19.1 Å².